The summed E-state index contributed by atoms with van der Waals surface area (Å²) in [6.07, 6.45) is 2.10. The fourth-order valence-corrected chi connectivity index (χ4v) is 3.40. The summed E-state index contributed by atoms with van der Waals surface area (Å²) < 4.78 is 0. The van der Waals surface area contributed by atoms with Gasteiger partial charge in [0.25, 0.3) is 0 Å². The quantitative estimate of drug-likeness (QED) is 0.910. The van der Waals surface area contributed by atoms with Crippen molar-refractivity contribution in [2.24, 2.45) is 0 Å². The van der Waals surface area contributed by atoms with Crippen LogP contribution in [0.5, 0.6) is 0 Å². The molecule has 0 unspecified atom stereocenters. The first-order valence-corrected chi connectivity index (χ1v) is 7.92. The van der Waals surface area contributed by atoms with Crippen LogP contribution in [0.25, 0.3) is 0 Å². The summed E-state index contributed by atoms with van der Waals surface area (Å²) in [4.78, 5) is 6.12. The second-order valence-corrected chi connectivity index (χ2v) is 6.27. The minimum atomic E-state index is -1.05. The molecule has 2 aromatic rings. The van der Waals surface area contributed by atoms with Gasteiger partial charge >= 0.3 is 0 Å². The van der Waals surface area contributed by atoms with Gasteiger partial charge in [-0.05, 0) is 37.6 Å². The molecule has 0 spiro atoms. The summed E-state index contributed by atoms with van der Waals surface area (Å²) in [6.45, 7) is 2.59. The van der Waals surface area contributed by atoms with Gasteiger partial charge in [-0.1, -0.05) is 17.7 Å². The van der Waals surface area contributed by atoms with E-state index in [-0.39, 0.29) is 6.04 Å². The third-order valence-corrected chi connectivity index (χ3v) is 4.99. The molecule has 0 bridgehead atoms. The first-order valence-electron chi connectivity index (χ1n) is 7.55. The molecule has 2 heterocycles. The molecule has 0 saturated carbocycles. The van der Waals surface area contributed by atoms with Crippen molar-refractivity contribution in [3.05, 3.63) is 58.4 Å². The molecule has 1 aromatic heterocycles. The predicted octanol–water partition coefficient (Wildman–Crippen LogP) is 2.96. The number of aromatic nitrogens is 1. The Labute approximate surface area is 145 Å². The number of halogens is 1. The summed E-state index contributed by atoms with van der Waals surface area (Å²) in [6, 6.07) is 12.5. The molecule has 120 valence electrons. The molecule has 2 atom stereocenters. The second kappa shape index (κ2) is 6.13. The lowest BCUT2D eigenvalue weighted by Crippen LogP contribution is -2.40. The van der Waals surface area contributed by atoms with Crippen LogP contribution in [-0.4, -0.2) is 22.7 Å². The van der Waals surface area contributed by atoms with Gasteiger partial charge in [-0.3, -0.25) is 0 Å². The summed E-state index contributed by atoms with van der Waals surface area (Å²) in [7, 11) is 0. The average molecular weight is 339 g/mol. The number of aliphatic hydroxyl groups is 1. The van der Waals surface area contributed by atoms with Crippen molar-refractivity contribution in [1.82, 2.24) is 4.98 Å². The van der Waals surface area contributed by atoms with E-state index < -0.39 is 5.60 Å². The Balaban J connectivity index is 1.91. The highest BCUT2D eigenvalue weighted by Crippen LogP contribution is 2.40. The van der Waals surface area contributed by atoms with Crippen molar-refractivity contribution >= 4 is 17.3 Å². The van der Waals surface area contributed by atoms with Crippen molar-refractivity contribution in [2.45, 2.75) is 25.0 Å². The SMILES string of the molecule is C[C@@H]1N(c2ccc(C#N)c(Cl)c2)CC[C@@]1(O)c1ccc(C#N)nc1. The van der Waals surface area contributed by atoms with E-state index >= 15 is 0 Å². The van der Waals surface area contributed by atoms with E-state index in [4.69, 9.17) is 22.1 Å². The lowest BCUT2D eigenvalue weighted by atomic mass is 9.88. The summed E-state index contributed by atoms with van der Waals surface area (Å²) in [5.74, 6) is 0. The van der Waals surface area contributed by atoms with Crippen molar-refractivity contribution in [3.63, 3.8) is 0 Å². The van der Waals surface area contributed by atoms with E-state index in [1.807, 2.05) is 25.1 Å². The Hall–Kier alpha value is -2.60. The van der Waals surface area contributed by atoms with E-state index in [0.29, 0.717) is 34.8 Å². The Morgan fingerprint density at radius 2 is 2.08 bits per heavy atom. The second-order valence-electron chi connectivity index (χ2n) is 5.86. The van der Waals surface area contributed by atoms with Crippen molar-refractivity contribution in [2.75, 3.05) is 11.4 Å². The first-order chi connectivity index (χ1) is 11.5. The zero-order chi connectivity index (χ0) is 17.3. The molecule has 6 heteroatoms. The normalized spacial score (nSPS) is 22.9. The minimum Gasteiger partial charge on any atom is -0.383 e. The van der Waals surface area contributed by atoms with E-state index in [2.05, 4.69) is 9.88 Å². The van der Waals surface area contributed by atoms with Gasteiger partial charge in [0.2, 0.25) is 0 Å². The largest absolute Gasteiger partial charge is 0.383 e. The lowest BCUT2D eigenvalue weighted by Gasteiger charge is -2.32. The molecule has 0 aliphatic carbocycles. The summed E-state index contributed by atoms with van der Waals surface area (Å²) in [5, 5.41) is 29.4. The van der Waals surface area contributed by atoms with E-state index in [9.17, 15) is 5.11 Å². The van der Waals surface area contributed by atoms with Crippen LogP contribution in [0.3, 0.4) is 0 Å². The monoisotopic (exact) mass is 338 g/mol. The summed E-state index contributed by atoms with van der Waals surface area (Å²) >= 11 is 6.12. The van der Waals surface area contributed by atoms with Gasteiger partial charge in [0.15, 0.2) is 0 Å². The van der Waals surface area contributed by atoms with Crippen LogP contribution < -0.4 is 4.90 Å². The van der Waals surface area contributed by atoms with Crippen molar-refractivity contribution in [3.8, 4) is 12.1 Å². The molecule has 1 fully saturated rings. The topological polar surface area (TPSA) is 83.9 Å². The van der Waals surface area contributed by atoms with Crippen LogP contribution in [-0.2, 0) is 5.60 Å². The predicted molar refractivity (Wildman–Crippen MR) is 90.4 cm³/mol. The van der Waals surface area contributed by atoms with Crippen LogP contribution in [0.15, 0.2) is 36.5 Å². The van der Waals surface area contributed by atoms with E-state index in [1.54, 1.807) is 30.5 Å². The Kier molecular flexibility index (Phi) is 4.15. The highest BCUT2D eigenvalue weighted by atomic mass is 35.5. The number of benzene rings is 1. The van der Waals surface area contributed by atoms with Crippen LogP contribution in [0.1, 0.15) is 30.2 Å². The van der Waals surface area contributed by atoms with Gasteiger partial charge in [0.05, 0.1) is 16.6 Å². The van der Waals surface area contributed by atoms with Gasteiger partial charge in [-0.15, -0.1) is 0 Å². The molecule has 1 saturated heterocycles. The highest BCUT2D eigenvalue weighted by Gasteiger charge is 2.45. The number of pyridine rings is 1. The van der Waals surface area contributed by atoms with E-state index in [0.717, 1.165) is 5.69 Å². The third kappa shape index (κ3) is 2.59. The molecule has 0 radical (unpaired) electrons. The molecule has 3 rings (SSSR count). The smallest absolute Gasteiger partial charge is 0.140 e. The zero-order valence-electron chi connectivity index (χ0n) is 13.1. The number of anilines is 1. The van der Waals surface area contributed by atoms with Crippen LogP contribution in [0.4, 0.5) is 5.69 Å². The molecule has 24 heavy (non-hydrogen) atoms. The lowest BCUT2D eigenvalue weighted by molar-refractivity contribution is 0.0326. The average Bonchev–Trinajstić information content (AvgIpc) is 2.91. The molecule has 1 aliphatic heterocycles. The maximum absolute atomic E-state index is 11.1. The Morgan fingerprint density at radius 3 is 2.67 bits per heavy atom. The number of rotatable bonds is 2. The third-order valence-electron chi connectivity index (χ3n) is 4.68. The van der Waals surface area contributed by atoms with Crippen molar-refractivity contribution in [1.29, 1.82) is 10.5 Å². The number of hydrogen-bond acceptors (Lipinski definition) is 5. The van der Waals surface area contributed by atoms with Crippen molar-refractivity contribution < 1.29 is 5.11 Å². The molecular formula is C18H15ClN4O. The molecule has 0 amide bonds. The molecule has 1 N–H and O–H groups in total. The maximum Gasteiger partial charge on any atom is 0.140 e. The molecule has 1 aromatic carbocycles. The minimum absolute atomic E-state index is 0.198. The molecule has 5 nitrogen and oxygen atoms in total. The maximum atomic E-state index is 11.1. The van der Waals surface area contributed by atoms with Gasteiger partial charge in [-0.25, -0.2) is 4.98 Å². The van der Waals surface area contributed by atoms with Gasteiger partial charge in [0.1, 0.15) is 23.4 Å². The van der Waals surface area contributed by atoms with Gasteiger partial charge in [0, 0.05) is 24.0 Å². The fourth-order valence-electron chi connectivity index (χ4n) is 3.18. The first kappa shape index (κ1) is 16.3. The van der Waals surface area contributed by atoms with Crippen LogP contribution in [0.2, 0.25) is 5.02 Å². The standard InChI is InChI=1S/C18H15ClN4O/c1-12-18(24,14-3-4-15(10-21)22-11-14)6-7-23(12)16-5-2-13(9-20)17(19)8-16/h2-5,8,11-12,24H,6-7H2,1H3/t12-,18-/m0/s1. The summed E-state index contributed by atoms with van der Waals surface area (Å²) in [5.41, 5.74) is 1.25. The number of nitriles is 2. The van der Waals surface area contributed by atoms with Crippen LogP contribution in [0, 0.1) is 22.7 Å². The van der Waals surface area contributed by atoms with Gasteiger partial charge in [-0.2, -0.15) is 10.5 Å². The fraction of sp³-hybridized carbons (Fsp3) is 0.278. The molecular weight excluding hydrogens is 324 g/mol. The zero-order valence-corrected chi connectivity index (χ0v) is 13.8. The number of nitrogens with zero attached hydrogens (tertiary/aromatic N) is 4. The van der Waals surface area contributed by atoms with Crippen LogP contribution >= 0.6 is 11.6 Å². The highest BCUT2D eigenvalue weighted by molar-refractivity contribution is 6.32. The molecule has 1 aliphatic rings. The van der Waals surface area contributed by atoms with Gasteiger partial charge < -0.3 is 10.0 Å². The Morgan fingerprint density at radius 1 is 1.29 bits per heavy atom. The Bertz CT molecular complexity index is 853. The number of hydrogen-bond donors (Lipinski definition) is 1. The van der Waals surface area contributed by atoms with E-state index in [1.165, 1.54) is 0 Å².